The molecule has 0 unspecified atom stereocenters. The number of anilines is 1. The average molecular weight is 452 g/mol. The molecule has 0 aliphatic heterocycles. The number of benzene rings is 2. The molecule has 174 valence electrons. The molecule has 33 heavy (non-hydrogen) atoms. The lowest BCUT2D eigenvalue weighted by Crippen LogP contribution is -2.30. The van der Waals surface area contributed by atoms with E-state index >= 15 is 0 Å². The van der Waals surface area contributed by atoms with Gasteiger partial charge in [0.05, 0.1) is 26.5 Å². The first kappa shape index (κ1) is 23.8. The molecule has 3 aromatic rings. The summed E-state index contributed by atoms with van der Waals surface area (Å²) in [6, 6.07) is 9.43. The van der Waals surface area contributed by atoms with E-state index in [1.165, 1.54) is 0 Å². The second kappa shape index (κ2) is 10.7. The Morgan fingerprint density at radius 3 is 2.39 bits per heavy atom. The fourth-order valence-electron chi connectivity index (χ4n) is 3.92. The quantitative estimate of drug-likeness (QED) is 0.446. The lowest BCUT2D eigenvalue weighted by atomic mass is 9.97. The summed E-state index contributed by atoms with van der Waals surface area (Å²) in [6.45, 7) is 2.47. The van der Waals surface area contributed by atoms with Gasteiger partial charge in [0.15, 0.2) is 17.2 Å². The summed E-state index contributed by atoms with van der Waals surface area (Å²) in [6.07, 6.45) is 4.29. The number of hydrogen-bond acceptors (Lipinski definition) is 7. The number of likely N-dealkylation sites (N-methyl/N-ethyl adjacent to an activating group) is 1. The van der Waals surface area contributed by atoms with E-state index in [2.05, 4.69) is 6.92 Å². The number of aromatic nitrogens is 1. The molecule has 0 aliphatic rings. The number of nitrogens with zero attached hydrogens (tertiary/aromatic N) is 2. The second-order valence-corrected chi connectivity index (χ2v) is 7.75. The van der Waals surface area contributed by atoms with E-state index in [1.54, 1.807) is 32.2 Å². The van der Waals surface area contributed by atoms with Gasteiger partial charge in [0.25, 0.3) is 6.47 Å². The van der Waals surface area contributed by atoms with Crippen molar-refractivity contribution in [3.63, 3.8) is 0 Å². The van der Waals surface area contributed by atoms with E-state index in [0.717, 1.165) is 40.4 Å². The molecule has 3 rings (SSSR count). The third-order valence-electron chi connectivity index (χ3n) is 5.44. The zero-order chi connectivity index (χ0) is 24.0. The zero-order valence-corrected chi connectivity index (χ0v) is 19.4. The monoisotopic (exact) mass is 451 g/mol. The smallest absolute Gasteiger partial charge is 0.298 e. The molecule has 2 N–H and O–H groups in total. The van der Waals surface area contributed by atoms with Gasteiger partial charge in [-0.3, -0.25) is 14.6 Å². The van der Waals surface area contributed by atoms with E-state index in [1.807, 2.05) is 30.5 Å². The lowest BCUT2D eigenvalue weighted by molar-refractivity contribution is -0.120. The summed E-state index contributed by atoms with van der Waals surface area (Å²) in [7, 11) is 4.95. The van der Waals surface area contributed by atoms with Crippen molar-refractivity contribution in [2.75, 3.05) is 32.7 Å². The topological polar surface area (TPSA) is 104 Å². The minimum atomic E-state index is -0.484. The van der Waals surface area contributed by atoms with Crippen molar-refractivity contribution >= 4 is 28.8 Å². The highest BCUT2D eigenvalue weighted by atomic mass is 16.5. The van der Waals surface area contributed by atoms with E-state index in [4.69, 9.17) is 24.9 Å². The Balaban J connectivity index is 2.09. The summed E-state index contributed by atoms with van der Waals surface area (Å²) in [5.74, 6) is 1.18. The van der Waals surface area contributed by atoms with Gasteiger partial charge in [0, 0.05) is 24.3 Å². The Bertz CT molecular complexity index is 1160. The van der Waals surface area contributed by atoms with E-state index in [9.17, 15) is 9.59 Å². The molecule has 0 fully saturated rings. The summed E-state index contributed by atoms with van der Waals surface area (Å²) in [5, 5.41) is 2.06. The maximum absolute atomic E-state index is 11.4. The highest BCUT2D eigenvalue weighted by molar-refractivity contribution is 5.91. The molecule has 8 heteroatoms. The minimum Gasteiger partial charge on any atom is -0.493 e. The third kappa shape index (κ3) is 5.34. The van der Waals surface area contributed by atoms with Gasteiger partial charge in [-0.1, -0.05) is 19.4 Å². The predicted molar refractivity (Wildman–Crippen MR) is 127 cm³/mol. The molecule has 0 saturated carbocycles. The van der Waals surface area contributed by atoms with Crippen LogP contribution in [0.15, 0.2) is 36.5 Å². The van der Waals surface area contributed by atoms with Gasteiger partial charge in [0.1, 0.15) is 0 Å². The van der Waals surface area contributed by atoms with Gasteiger partial charge >= 0.3 is 0 Å². The molecule has 1 amide bonds. The summed E-state index contributed by atoms with van der Waals surface area (Å²) >= 11 is 0. The SMILES string of the molecule is CCCc1ncc(Cc2ccc(OC=O)c(N(C)CC(N)=O)c2)c2cc(OC)c(OC)cc12. The third-order valence-corrected chi connectivity index (χ3v) is 5.44. The highest BCUT2D eigenvalue weighted by Gasteiger charge is 2.16. The van der Waals surface area contributed by atoms with Crippen molar-refractivity contribution in [2.24, 2.45) is 5.73 Å². The van der Waals surface area contributed by atoms with Gasteiger partial charge in [-0.15, -0.1) is 0 Å². The number of carbonyl (C=O) groups is 2. The molecule has 0 saturated heterocycles. The first-order valence-electron chi connectivity index (χ1n) is 10.7. The van der Waals surface area contributed by atoms with Crippen LogP contribution in [0, 0.1) is 0 Å². The van der Waals surface area contributed by atoms with Gasteiger partial charge in [-0.25, -0.2) is 0 Å². The Labute approximate surface area is 193 Å². The number of ether oxygens (including phenoxy) is 3. The number of methoxy groups -OCH3 is 2. The normalized spacial score (nSPS) is 10.7. The van der Waals surface area contributed by atoms with Crippen LogP contribution >= 0.6 is 0 Å². The van der Waals surface area contributed by atoms with Crippen molar-refractivity contribution in [3.8, 4) is 17.2 Å². The number of primary amides is 1. The first-order chi connectivity index (χ1) is 15.9. The van der Waals surface area contributed by atoms with Crippen LogP contribution in [-0.4, -0.2) is 45.2 Å². The van der Waals surface area contributed by atoms with Crippen LogP contribution in [0.3, 0.4) is 0 Å². The Morgan fingerprint density at radius 1 is 1.09 bits per heavy atom. The van der Waals surface area contributed by atoms with Crippen LogP contribution in [0.1, 0.15) is 30.2 Å². The van der Waals surface area contributed by atoms with Gasteiger partial charge in [0.2, 0.25) is 5.91 Å². The van der Waals surface area contributed by atoms with E-state index in [0.29, 0.717) is 35.8 Å². The van der Waals surface area contributed by atoms with Crippen molar-refractivity contribution < 1.29 is 23.8 Å². The zero-order valence-electron chi connectivity index (χ0n) is 19.4. The maximum atomic E-state index is 11.4. The van der Waals surface area contributed by atoms with Crippen molar-refractivity contribution in [3.05, 3.63) is 53.3 Å². The molecule has 0 atom stereocenters. The average Bonchev–Trinajstić information content (AvgIpc) is 2.80. The second-order valence-electron chi connectivity index (χ2n) is 7.75. The summed E-state index contributed by atoms with van der Waals surface area (Å²) < 4.78 is 16.1. The largest absolute Gasteiger partial charge is 0.493 e. The van der Waals surface area contributed by atoms with Gasteiger partial charge in [-0.2, -0.15) is 0 Å². The lowest BCUT2D eigenvalue weighted by Gasteiger charge is -2.21. The predicted octanol–water partition coefficient (Wildman–Crippen LogP) is 3.25. The molecule has 0 spiro atoms. The Kier molecular flexibility index (Phi) is 7.71. The number of carbonyl (C=O) groups excluding carboxylic acids is 2. The maximum Gasteiger partial charge on any atom is 0.298 e. The Morgan fingerprint density at radius 2 is 1.79 bits per heavy atom. The van der Waals surface area contributed by atoms with Crippen molar-refractivity contribution in [1.82, 2.24) is 4.98 Å². The Hall–Kier alpha value is -3.81. The number of rotatable bonds is 11. The highest BCUT2D eigenvalue weighted by Crippen LogP contribution is 2.36. The van der Waals surface area contributed by atoms with Crippen molar-refractivity contribution in [1.29, 1.82) is 0 Å². The molecule has 0 bridgehead atoms. The molecule has 1 aromatic heterocycles. The molecule has 2 aromatic carbocycles. The number of nitrogens with two attached hydrogens (primary N) is 1. The van der Waals surface area contributed by atoms with Crippen molar-refractivity contribution in [2.45, 2.75) is 26.2 Å². The minimum absolute atomic E-state index is 0.00807. The van der Waals surface area contributed by atoms with Crippen LogP contribution < -0.4 is 24.8 Å². The van der Waals surface area contributed by atoms with Gasteiger partial charge in [-0.05, 0) is 53.6 Å². The standard InChI is InChI=1S/C25H29N3O5/c1-5-6-20-19-12-24(32-4)23(31-3)11-18(19)17(13-27-20)9-16-7-8-22(33-15-29)21(10-16)28(2)14-25(26)30/h7-8,10-13,15H,5-6,9,14H2,1-4H3,(H2,26,30). The van der Waals surface area contributed by atoms with Crippen LogP contribution in [0.5, 0.6) is 17.2 Å². The first-order valence-corrected chi connectivity index (χ1v) is 10.7. The molecule has 1 heterocycles. The molecule has 8 nitrogen and oxygen atoms in total. The fourth-order valence-corrected chi connectivity index (χ4v) is 3.92. The number of hydrogen-bond donors (Lipinski definition) is 1. The van der Waals surface area contributed by atoms with E-state index < -0.39 is 5.91 Å². The summed E-state index contributed by atoms with van der Waals surface area (Å²) in [5.41, 5.74) is 8.92. The molecule has 0 radical (unpaired) electrons. The van der Waals surface area contributed by atoms with Crippen LogP contribution in [0.2, 0.25) is 0 Å². The number of amides is 1. The van der Waals surface area contributed by atoms with Crippen LogP contribution in [0.25, 0.3) is 10.8 Å². The fraction of sp³-hybridized carbons (Fsp3) is 0.320. The number of fused-ring (bicyclic) bond motifs is 1. The van der Waals surface area contributed by atoms with E-state index in [-0.39, 0.29) is 6.54 Å². The number of aryl methyl sites for hydroxylation is 1. The van der Waals surface area contributed by atoms with Crippen LogP contribution in [-0.2, 0) is 22.4 Å². The molecular formula is C25H29N3O5. The number of pyridine rings is 1. The molecule has 0 aliphatic carbocycles. The van der Waals surface area contributed by atoms with Crippen LogP contribution in [0.4, 0.5) is 5.69 Å². The molecular weight excluding hydrogens is 422 g/mol. The van der Waals surface area contributed by atoms with Gasteiger partial charge < -0.3 is 24.8 Å². The summed E-state index contributed by atoms with van der Waals surface area (Å²) in [4.78, 5) is 28.7.